The largest absolute Gasteiger partial charge is 0.480 e. The molecule has 3 N–H and O–H groups in total. The van der Waals surface area contributed by atoms with Gasteiger partial charge >= 0.3 is 12.1 Å². The minimum Gasteiger partial charge on any atom is -0.480 e. The third-order valence-electron chi connectivity index (χ3n) is 4.48. The van der Waals surface area contributed by atoms with E-state index in [1.165, 1.54) is 25.3 Å². The Labute approximate surface area is 180 Å². The first kappa shape index (κ1) is 22.1. The van der Waals surface area contributed by atoms with E-state index >= 15 is 0 Å². The number of carbonyl (C=O) groups is 2. The van der Waals surface area contributed by atoms with Crippen molar-refractivity contribution in [2.24, 2.45) is 5.92 Å². The van der Waals surface area contributed by atoms with Gasteiger partial charge in [-0.3, -0.25) is 10.1 Å². The summed E-state index contributed by atoms with van der Waals surface area (Å²) >= 11 is 3.36. The minimum atomic E-state index is -4.08. The average Bonchev–Trinajstić information content (AvgIpc) is 3.02. The molecule has 0 saturated carbocycles. The van der Waals surface area contributed by atoms with Crippen molar-refractivity contribution >= 4 is 65.6 Å². The Morgan fingerprint density at radius 2 is 1.80 bits per heavy atom. The fourth-order valence-corrected chi connectivity index (χ4v) is 4.71. The normalized spacial score (nSPS) is 13.0. The second-order valence-electron chi connectivity index (χ2n) is 6.89. The number of carbonyl (C=O) groups excluding carboxylic acids is 1. The molecule has 0 saturated heterocycles. The Balaban J connectivity index is 2.07. The number of halogens is 1. The SMILES string of the molecule is COC(=O)Nc1cc2oc3ccc(S(=O)(=O)N[C@H](C(=O)O)C(C)C)cc3c2cc1Br. The van der Waals surface area contributed by atoms with Gasteiger partial charge in [0.05, 0.1) is 17.7 Å². The van der Waals surface area contributed by atoms with E-state index in [2.05, 4.69) is 30.7 Å². The molecule has 1 aromatic heterocycles. The molecule has 0 fully saturated rings. The number of rotatable bonds is 6. The van der Waals surface area contributed by atoms with Gasteiger partial charge in [0, 0.05) is 21.3 Å². The number of hydrogen-bond donors (Lipinski definition) is 3. The molecule has 1 heterocycles. The lowest BCUT2D eigenvalue weighted by Gasteiger charge is -2.17. The lowest BCUT2D eigenvalue weighted by atomic mass is 10.1. The third-order valence-corrected chi connectivity index (χ3v) is 6.57. The molecule has 1 amide bonds. The van der Waals surface area contributed by atoms with Crippen molar-refractivity contribution in [3.63, 3.8) is 0 Å². The molecule has 0 spiro atoms. The van der Waals surface area contributed by atoms with Crippen molar-refractivity contribution in [3.8, 4) is 0 Å². The highest BCUT2D eigenvalue weighted by Gasteiger charge is 2.28. The zero-order valence-corrected chi connectivity index (χ0v) is 18.6. The van der Waals surface area contributed by atoms with E-state index in [0.29, 0.717) is 32.1 Å². The van der Waals surface area contributed by atoms with Gasteiger partial charge in [0.25, 0.3) is 0 Å². The molecule has 160 valence electrons. The number of amides is 1. The fourth-order valence-electron chi connectivity index (χ4n) is 2.91. The standard InChI is InChI=1S/C19H19BrN2O7S/c1-9(2)17(18(23)24)22-30(26,27)10-4-5-15-11(6-10)12-7-13(20)14(8-16(12)29-15)21-19(25)28-3/h4-9,17,22H,1-3H3,(H,21,25)(H,23,24)/t17-/m0/s1. The highest BCUT2D eigenvalue weighted by Crippen LogP contribution is 2.36. The molecular formula is C19H19BrN2O7S. The van der Waals surface area contributed by atoms with Gasteiger partial charge in [-0.1, -0.05) is 13.8 Å². The summed E-state index contributed by atoms with van der Waals surface area (Å²) in [5, 5.41) is 13.0. The number of aliphatic carboxylic acids is 1. The molecule has 2 aromatic carbocycles. The number of methoxy groups -OCH3 is 1. The maximum absolute atomic E-state index is 12.8. The van der Waals surface area contributed by atoms with Crippen molar-refractivity contribution in [3.05, 3.63) is 34.8 Å². The van der Waals surface area contributed by atoms with E-state index < -0.39 is 34.0 Å². The van der Waals surface area contributed by atoms with E-state index in [4.69, 9.17) is 4.42 Å². The molecule has 0 aliphatic rings. The summed E-state index contributed by atoms with van der Waals surface area (Å²) in [6.07, 6.45) is -0.649. The number of nitrogens with one attached hydrogen (secondary N) is 2. The average molecular weight is 499 g/mol. The van der Waals surface area contributed by atoms with Gasteiger partial charge in [-0.15, -0.1) is 0 Å². The maximum Gasteiger partial charge on any atom is 0.411 e. The molecule has 0 aliphatic heterocycles. The molecule has 1 atom stereocenters. The molecule has 0 unspecified atom stereocenters. The van der Waals surface area contributed by atoms with E-state index in [9.17, 15) is 23.1 Å². The van der Waals surface area contributed by atoms with Crippen molar-refractivity contribution in [1.82, 2.24) is 4.72 Å². The van der Waals surface area contributed by atoms with Gasteiger partial charge < -0.3 is 14.3 Å². The topological polar surface area (TPSA) is 135 Å². The van der Waals surface area contributed by atoms with Crippen LogP contribution in [0.4, 0.5) is 10.5 Å². The number of hydrogen-bond acceptors (Lipinski definition) is 6. The Morgan fingerprint density at radius 1 is 1.13 bits per heavy atom. The van der Waals surface area contributed by atoms with Crippen molar-refractivity contribution < 1.29 is 32.3 Å². The number of benzene rings is 2. The maximum atomic E-state index is 12.8. The number of fused-ring (bicyclic) bond motifs is 3. The van der Waals surface area contributed by atoms with Crippen LogP contribution < -0.4 is 10.0 Å². The Kier molecular flexibility index (Phi) is 6.06. The lowest BCUT2D eigenvalue weighted by molar-refractivity contribution is -0.140. The number of sulfonamides is 1. The molecule has 3 rings (SSSR count). The van der Waals surface area contributed by atoms with Gasteiger partial charge in [-0.2, -0.15) is 4.72 Å². The number of anilines is 1. The third kappa shape index (κ3) is 4.27. The molecule has 11 heteroatoms. The zero-order valence-electron chi connectivity index (χ0n) is 16.2. The van der Waals surface area contributed by atoms with Gasteiger partial charge in [0.2, 0.25) is 10.0 Å². The molecule has 0 bridgehead atoms. The number of furan rings is 1. The molecular weight excluding hydrogens is 480 g/mol. The van der Waals surface area contributed by atoms with Crippen LogP contribution in [0.2, 0.25) is 0 Å². The van der Waals surface area contributed by atoms with Crippen LogP contribution in [-0.2, 0) is 19.6 Å². The van der Waals surface area contributed by atoms with Gasteiger partial charge in [-0.25, -0.2) is 13.2 Å². The predicted octanol–water partition coefficient (Wildman–Crippen LogP) is 3.91. The van der Waals surface area contributed by atoms with Crippen molar-refractivity contribution in [2.75, 3.05) is 12.4 Å². The molecule has 0 radical (unpaired) electrons. The summed E-state index contributed by atoms with van der Waals surface area (Å²) in [6.45, 7) is 3.23. The van der Waals surface area contributed by atoms with Crippen LogP contribution in [0.25, 0.3) is 21.9 Å². The van der Waals surface area contributed by atoms with Gasteiger partial charge in [0.15, 0.2) is 0 Å². The van der Waals surface area contributed by atoms with Crippen molar-refractivity contribution in [2.45, 2.75) is 24.8 Å². The van der Waals surface area contributed by atoms with Crippen LogP contribution in [0, 0.1) is 5.92 Å². The first-order valence-corrected chi connectivity index (χ1v) is 11.1. The summed E-state index contributed by atoms with van der Waals surface area (Å²) in [5.74, 6) is -1.69. The summed E-state index contributed by atoms with van der Waals surface area (Å²) in [7, 11) is -2.84. The Hall–Kier alpha value is -2.63. The van der Waals surface area contributed by atoms with Crippen LogP contribution in [0.5, 0.6) is 0 Å². The number of ether oxygens (including phenoxy) is 1. The highest BCUT2D eigenvalue weighted by molar-refractivity contribution is 9.10. The van der Waals surface area contributed by atoms with Gasteiger partial charge in [0.1, 0.15) is 17.2 Å². The quantitative estimate of drug-likeness (QED) is 0.468. The summed E-state index contributed by atoms with van der Waals surface area (Å²) < 4.78 is 38.6. The molecule has 30 heavy (non-hydrogen) atoms. The highest BCUT2D eigenvalue weighted by atomic mass is 79.9. The van der Waals surface area contributed by atoms with Crippen LogP contribution in [0.15, 0.2) is 44.1 Å². The molecule has 9 nitrogen and oxygen atoms in total. The Morgan fingerprint density at radius 3 is 2.40 bits per heavy atom. The zero-order chi connectivity index (χ0) is 22.2. The van der Waals surface area contributed by atoms with Gasteiger partial charge in [-0.05, 0) is 46.1 Å². The second kappa shape index (κ2) is 8.25. The first-order chi connectivity index (χ1) is 14.0. The van der Waals surface area contributed by atoms with Crippen LogP contribution >= 0.6 is 15.9 Å². The van der Waals surface area contributed by atoms with E-state index in [1.54, 1.807) is 26.0 Å². The monoisotopic (exact) mass is 498 g/mol. The number of carboxylic acid groups (broad SMARTS) is 1. The van der Waals surface area contributed by atoms with E-state index in [0.717, 1.165) is 0 Å². The number of carboxylic acids is 1. The summed E-state index contributed by atoms with van der Waals surface area (Å²) in [4.78, 5) is 22.8. The molecule has 0 aliphatic carbocycles. The second-order valence-corrected chi connectivity index (χ2v) is 9.45. The summed E-state index contributed by atoms with van der Waals surface area (Å²) in [6, 6.07) is 6.27. The van der Waals surface area contributed by atoms with Crippen LogP contribution in [0.3, 0.4) is 0 Å². The predicted molar refractivity (Wildman–Crippen MR) is 114 cm³/mol. The fraction of sp³-hybridized carbons (Fsp3) is 0.263. The Bertz CT molecular complexity index is 1250. The summed E-state index contributed by atoms with van der Waals surface area (Å²) in [5.41, 5.74) is 1.28. The molecule has 3 aromatic rings. The van der Waals surface area contributed by atoms with Crippen LogP contribution in [-0.4, -0.2) is 38.7 Å². The first-order valence-electron chi connectivity index (χ1n) is 8.79. The van der Waals surface area contributed by atoms with Crippen molar-refractivity contribution in [1.29, 1.82) is 0 Å². The van der Waals surface area contributed by atoms with E-state index in [1.807, 2.05) is 0 Å². The lowest BCUT2D eigenvalue weighted by Crippen LogP contribution is -2.44. The smallest absolute Gasteiger partial charge is 0.411 e. The van der Waals surface area contributed by atoms with E-state index in [-0.39, 0.29) is 4.90 Å². The van der Waals surface area contributed by atoms with Crippen LogP contribution in [0.1, 0.15) is 13.8 Å². The minimum absolute atomic E-state index is 0.0857.